The Morgan fingerprint density at radius 3 is 2.36 bits per heavy atom. The average molecular weight is 560 g/mol. The summed E-state index contributed by atoms with van der Waals surface area (Å²) in [6.45, 7) is 0.410. The molecule has 212 valence electrons. The Balaban J connectivity index is 1.35. The number of aryl methyl sites for hydroxylation is 1. The SMILES string of the molecule is O=C(CCc1ccccc1)N[C@H]1[C@@H](OC(=O)c2cccnc2)CCC[C@@]12C(=O)N(Cc1ccccc1)c1ccccc12. The molecule has 0 radical (unpaired) electrons. The van der Waals surface area contributed by atoms with Crippen molar-refractivity contribution in [1.29, 1.82) is 0 Å². The third-order valence-electron chi connectivity index (χ3n) is 8.40. The number of rotatable bonds is 8. The minimum atomic E-state index is -1.06. The summed E-state index contributed by atoms with van der Waals surface area (Å²) in [5.74, 6) is -0.782. The summed E-state index contributed by atoms with van der Waals surface area (Å²) in [6, 6.07) is 30.1. The Kier molecular flexibility index (Phi) is 7.82. The topological polar surface area (TPSA) is 88.6 Å². The van der Waals surface area contributed by atoms with Crippen LogP contribution in [0.2, 0.25) is 0 Å². The Morgan fingerprint density at radius 2 is 1.62 bits per heavy atom. The first kappa shape index (κ1) is 27.4. The van der Waals surface area contributed by atoms with Gasteiger partial charge in [0.1, 0.15) is 11.5 Å². The second-order valence-electron chi connectivity index (χ2n) is 11.0. The zero-order chi connectivity index (χ0) is 28.9. The minimum Gasteiger partial charge on any atom is -0.457 e. The molecule has 1 fully saturated rings. The van der Waals surface area contributed by atoms with E-state index in [1.807, 2.05) is 89.8 Å². The van der Waals surface area contributed by atoms with E-state index >= 15 is 0 Å². The summed E-state index contributed by atoms with van der Waals surface area (Å²) in [5, 5.41) is 3.21. The standard InChI is InChI=1S/C35H33N3O4/c39-31(20-19-25-11-3-1-4-12-25)37-32-30(42-33(40)27-15-10-22-36-23-27)18-9-21-35(32)28-16-7-8-17-29(28)38(34(35)41)24-26-13-5-2-6-14-26/h1-8,10-17,22-23,30,32H,9,18-21,24H2,(H,37,39)/t30-,32-,35-/m0/s1. The van der Waals surface area contributed by atoms with Gasteiger partial charge in [-0.05, 0) is 60.6 Å². The first-order valence-corrected chi connectivity index (χ1v) is 14.5. The number of aromatic nitrogens is 1. The number of pyridine rings is 1. The van der Waals surface area contributed by atoms with E-state index in [2.05, 4.69) is 10.3 Å². The van der Waals surface area contributed by atoms with Crippen LogP contribution in [0.5, 0.6) is 0 Å². The summed E-state index contributed by atoms with van der Waals surface area (Å²) >= 11 is 0. The highest BCUT2D eigenvalue weighted by Crippen LogP contribution is 2.51. The molecule has 1 aromatic heterocycles. The van der Waals surface area contributed by atoms with E-state index < -0.39 is 23.5 Å². The second-order valence-corrected chi connectivity index (χ2v) is 11.0. The van der Waals surface area contributed by atoms with E-state index in [0.717, 1.165) is 22.4 Å². The third-order valence-corrected chi connectivity index (χ3v) is 8.40. The van der Waals surface area contributed by atoms with Gasteiger partial charge in [0.25, 0.3) is 0 Å². The monoisotopic (exact) mass is 559 g/mol. The Labute approximate surface area is 245 Å². The number of benzene rings is 3. The maximum absolute atomic E-state index is 14.6. The molecule has 7 nitrogen and oxygen atoms in total. The molecule has 1 spiro atoms. The molecule has 3 atom stereocenters. The molecular weight excluding hydrogens is 526 g/mol. The number of esters is 1. The number of para-hydroxylation sites is 1. The number of anilines is 1. The van der Waals surface area contributed by atoms with Crippen molar-refractivity contribution in [2.24, 2.45) is 0 Å². The summed E-state index contributed by atoms with van der Waals surface area (Å²) in [7, 11) is 0. The van der Waals surface area contributed by atoms with E-state index in [4.69, 9.17) is 4.74 Å². The normalized spacial score (nSPS) is 21.1. The van der Waals surface area contributed by atoms with E-state index in [9.17, 15) is 14.4 Å². The highest BCUT2D eigenvalue weighted by molar-refractivity contribution is 6.09. The van der Waals surface area contributed by atoms with Crippen LogP contribution in [0.4, 0.5) is 5.69 Å². The van der Waals surface area contributed by atoms with Crippen LogP contribution in [0, 0.1) is 0 Å². The molecule has 1 N–H and O–H groups in total. The molecule has 1 aliphatic heterocycles. The van der Waals surface area contributed by atoms with Crippen molar-refractivity contribution in [3.63, 3.8) is 0 Å². The third kappa shape index (κ3) is 5.30. The number of fused-ring (bicyclic) bond motifs is 2. The van der Waals surface area contributed by atoms with Crippen LogP contribution < -0.4 is 10.2 Å². The highest BCUT2D eigenvalue weighted by Gasteiger charge is 2.60. The zero-order valence-electron chi connectivity index (χ0n) is 23.3. The fourth-order valence-corrected chi connectivity index (χ4v) is 6.42. The van der Waals surface area contributed by atoms with Crippen LogP contribution in [0.3, 0.4) is 0 Å². The van der Waals surface area contributed by atoms with Crippen LogP contribution >= 0.6 is 0 Å². The molecule has 2 heterocycles. The van der Waals surface area contributed by atoms with Gasteiger partial charge in [-0.25, -0.2) is 4.79 Å². The Bertz CT molecular complexity index is 1560. The van der Waals surface area contributed by atoms with Gasteiger partial charge < -0.3 is 15.0 Å². The lowest BCUT2D eigenvalue weighted by molar-refractivity contribution is -0.131. The number of nitrogens with zero attached hydrogens (tertiary/aromatic N) is 2. The summed E-state index contributed by atoms with van der Waals surface area (Å²) in [4.78, 5) is 47.3. The second kappa shape index (κ2) is 12.0. The number of hydrogen-bond acceptors (Lipinski definition) is 5. The van der Waals surface area contributed by atoms with Gasteiger partial charge in [0, 0.05) is 24.5 Å². The minimum absolute atomic E-state index is 0.0805. The van der Waals surface area contributed by atoms with Crippen molar-refractivity contribution in [2.75, 3.05) is 4.90 Å². The average Bonchev–Trinajstić information content (AvgIpc) is 3.26. The van der Waals surface area contributed by atoms with E-state index in [-0.39, 0.29) is 18.2 Å². The predicted molar refractivity (Wildman–Crippen MR) is 160 cm³/mol. The van der Waals surface area contributed by atoms with Crippen LogP contribution in [0.25, 0.3) is 0 Å². The van der Waals surface area contributed by atoms with Gasteiger partial charge in [-0.15, -0.1) is 0 Å². The molecule has 2 aliphatic rings. The number of hydrogen-bond donors (Lipinski definition) is 1. The van der Waals surface area contributed by atoms with Crippen LogP contribution in [-0.2, 0) is 32.7 Å². The Hall–Kier alpha value is -4.78. The Morgan fingerprint density at radius 1 is 0.905 bits per heavy atom. The van der Waals surface area contributed by atoms with E-state index in [0.29, 0.717) is 37.8 Å². The quantitative estimate of drug-likeness (QED) is 0.292. The van der Waals surface area contributed by atoms with Gasteiger partial charge in [0.15, 0.2) is 0 Å². The molecule has 3 aromatic carbocycles. The molecule has 0 bridgehead atoms. The molecule has 4 aromatic rings. The van der Waals surface area contributed by atoms with Gasteiger partial charge >= 0.3 is 5.97 Å². The number of carbonyl (C=O) groups excluding carboxylic acids is 3. The van der Waals surface area contributed by atoms with Crippen molar-refractivity contribution in [1.82, 2.24) is 10.3 Å². The summed E-state index contributed by atoms with van der Waals surface area (Å²) in [6.07, 6.45) is 4.93. The smallest absolute Gasteiger partial charge is 0.340 e. The number of ether oxygens (including phenoxy) is 1. The first-order chi connectivity index (χ1) is 20.6. The molecule has 6 rings (SSSR count). The molecule has 42 heavy (non-hydrogen) atoms. The maximum atomic E-state index is 14.6. The predicted octanol–water partition coefficient (Wildman–Crippen LogP) is 5.39. The van der Waals surface area contributed by atoms with Crippen LogP contribution in [0.1, 0.15) is 52.7 Å². The molecular formula is C35H33N3O4. The molecule has 1 saturated carbocycles. The summed E-state index contributed by atoms with van der Waals surface area (Å²) in [5.41, 5.74) is 3.02. The van der Waals surface area contributed by atoms with Crippen molar-refractivity contribution in [3.05, 3.63) is 132 Å². The zero-order valence-corrected chi connectivity index (χ0v) is 23.3. The fourth-order valence-electron chi connectivity index (χ4n) is 6.42. The van der Waals surface area contributed by atoms with Gasteiger partial charge in [-0.1, -0.05) is 78.9 Å². The lowest BCUT2D eigenvalue weighted by Gasteiger charge is -2.44. The number of carbonyl (C=O) groups is 3. The van der Waals surface area contributed by atoms with Crippen LogP contribution in [-0.4, -0.2) is 34.9 Å². The lowest BCUT2D eigenvalue weighted by atomic mass is 9.65. The largest absolute Gasteiger partial charge is 0.457 e. The highest BCUT2D eigenvalue weighted by atomic mass is 16.5. The van der Waals surface area contributed by atoms with Crippen molar-refractivity contribution in [2.45, 2.75) is 56.2 Å². The van der Waals surface area contributed by atoms with Gasteiger partial charge in [0.2, 0.25) is 11.8 Å². The van der Waals surface area contributed by atoms with Gasteiger partial charge in [-0.3, -0.25) is 14.6 Å². The van der Waals surface area contributed by atoms with Gasteiger partial charge in [-0.2, -0.15) is 0 Å². The molecule has 7 heteroatoms. The number of amides is 2. The first-order valence-electron chi connectivity index (χ1n) is 14.5. The molecule has 1 aliphatic carbocycles. The van der Waals surface area contributed by atoms with E-state index in [1.54, 1.807) is 18.3 Å². The van der Waals surface area contributed by atoms with E-state index in [1.165, 1.54) is 6.20 Å². The molecule has 0 unspecified atom stereocenters. The van der Waals surface area contributed by atoms with Crippen LogP contribution in [0.15, 0.2) is 109 Å². The maximum Gasteiger partial charge on any atom is 0.340 e. The van der Waals surface area contributed by atoms with Crippen molar-refractivity contribution in [3.8, 4) is 0 Å². The van der Waals surface area contributed by atoms with Gasteiger partial charge in [0.05, 0.1) is 18.2 Å². The van der Waals surface area contributed by atoms with Crippen molar-refractivity contribution < 1.29 is 19.1 Å². The fraction of sp³-hybridized carbons (Fsp3) is 0.257. The lowest BCUT2D eigenvalue weighted by Crippen LogP contribution is -2.63. The number of nitrogens with one attached hydrogen (secondary N) is 1. The molecule has 0 saturated heterocycles. The van der Waals surface area contributed by atoms with Crippen molar-refractivity contribution >= 4 is 23.5 Å². The molecule has 2 amide bonds. The summed E-state index contributed by atoms with van der Waals surface area (Å²) < 4.78 is 6.09.